The second kappa shape index (κ2) is 6.21. The lowest BCUT2D eigenvalue weighted by Crippen LogP contribution is -2.35. The van der Waals surface area contributed by atoms with E-state index in [1.54, 1.807) is 0 Å². The van der Waals surface area contributed by atoms with Crippen LogP contribution in [0.2, 0.25) is 0 Å². The van der Waals surface area contributed by atoms with E-state index in [1.165, 1.54) is 44.9 Å². The molecule has 2 rings (SSSR count). The Morgan fingerprint density at radius 3 is 2.35 bits per heavy atom. The Morgan fingerprint density at radius 2 is 1.82 bits per heavy atom. The summed E-state index contributed by atoms with van der Waals surface area (Å²) in [6.07, 6.45) is 11.1. The largest absolute Gasteiger partial charge is 0.355 e. The predicted octanol–water partition coefficient (Wildman–Crippen LogP) is 3.64. The summed E-state index contributed by atoms with van der Waals surface area (Å²) < 4.78 is 0. The zero-order chi connectivity index (χ0) is 12.1. The molecule has 2 saturated carbocycles. The van der Waals surface area contributed by atoms with Crippen LogP contribution in [-0.2, 0) is 4.79 Å². The van der Waals surface area contributed by atoms with Gasteiger partial charge in [0.25, 0.3) is 0 Å². The molecule has 2 aliphatic rings. The van der Waals surface area contributed by atoms with E-state index in [4.69, 9.17) is 0 Å². The Hall–Kier alpha value is -0.0500. The summed E-state index contributed by atoms with van der Waals surface area (Å²) in [4.78, 5) is 12.1. The third-order valence-electron chi connectivity index (χ3n) is 4.45. The van der Waals surface area contributed by atoms with Crippen LogP contribution in [0.1, 0.15) is 57.8 Å². The van der Waals surface area contributed by atoms with Crippen LogP contribution in [0.25, 0.3) is 0 Å². The van der Waals surface area contributed by atoms with E-state index in [-0.39, 0.29) is 0 Å². The van der Waals surface area contributed by atoms with Crippen molar-refractivity contribution in [2.45, 2.75) is 57.8 Å². The molecule has 1 amide bonds. The molecule has 0 unspecified atom stereocenters. The fourth-order valence-corrected chi connectivity index (χ4v) is 3.69. The van der Waals surface area contributed by atoms with Crippen molar-refractivity contribution in [2.75, 3.05) is 11.9 Å². The number of carbonyl (C=O) groups is 1. The SMILES string of the molecule is O=C(NCC1(CCBr)CC1)C1CCCCCC1. The van der Waals surface area contributed by atoms with Gasteiger partial charge in [0.05, 0.1) is 0 Å². The average molecular weight is 302 g/mol. The maximum Gasteiger partial charge on any atom is 0.223 e. The summed E-state index contributed by atoms with van der Waals surface area (Å²) in [6, 6.07) is 0. The highest BCUT2D eigenvalue weighted by atomic mass is 79.9. The number of rotatable bonds is 5. The minimum absolute atomic E-state index is 0.303. The van der Waals surface area contributed by atoms with Gasteiger partial charge in [0.2, 0.25) is 5.91 Å². The molecular formula is C14H24BrNO. The van der Waals surface area contributed by atoms with Crippen LogP contribution in [-0.4, -0.2) is 17.8 Å². The number of nitrogens with one attached hydrogen (secondary N) is 1. The van der Waals surface area contributed by atoms with Gasteiger partial charge < -0.3 is 5.32 Å². The van der Waals surface area contributed by atoms with Crippen LogP contribution in [0, 0.1) is 11.3 Å². The molecule has 0 spiro atoms. The van der Waals surface area contributed by atoms with Crippen LogP contribution in [0.4, 0.5) is 0 Å². The number of carbonyl (C=O) groups excluding carboxylic acids is 1. The third-order valence-corrected chi connectivity index (χ3v) is 4.84. The molecule has 0 aliphatic heterocycles. The van der Waals surface area contributed by atoms with Gasteiger partial charge in [0, 0.05) is 17.8 Å². The lowest BCUT2D eigenvalue weighted by atomic mass is 9.98. The van der Waals surface area contributed by atoms with Crippen LogP contribution in [0.5, 0.6) is 0 Å². The fourth-order valence-electron chi connectivity index (χ4n) is 2.85. The Balaban J connectivity index is 1.72. The molecule has 0 aromatic heterocycles. The van der Waals surface area contributed by atoms with Crippen molar-refractivity contribution >= 4 is 21.8 Å². The fraction of sp³-hybridized carbons (Fsp3) is 0.929. The van der Waals surface area contributed by atoms with Crippen molar-refractivity contribution in [1.29, 1.82) is 0 Å². The molecular weight excluding hydrogens is 278 g/mol. The molecule has 2 nitrogen and oxygen atoms in total. The number of alkyl halides is 1. The number of hydrogen-bond acceptors (Lipinski definition) is 1. The van der Waals surface area contributed by atoms with E-state index in [1.807, 2.05) is 0 Å². The minimum atomic E-state index is 0.303. The molecule has 0 atom stereocenters. The normalized spacial score (nSPS) is 24.1. The molecule has 17 heavy (non-hydrogen) atoms. The van der Waals surface area contributed by atoms with Crippen LogP contribution >= 0.6 is 15.9 Å². The Morgan fingerprint density at radius 1 is 1.18 bits per heavy atom. The minimum Gasteiger partial charge on any atom is -0.355 e. The van der Waals surface area contributed by atoms with Crippen LogP contribution < -0.4 is 5.32 Å². The summed E-state index contributed by atoms with van der Waals surface area (Å²) in [7, 11) is 0. The van der Waals surface area contributed by atoms with Crippen molar-refractivity contribution in [2.24, 2.45) is 11.3 Å². The maximum atomic E-state index is 12.1. The van der Waals surface area contributed by atoms with Crippen LogP contribution in [0.3, 0.4) is 0 Å². The molecule has 3 heteroatoms. The van der Waals surface area contributed by atoms with Crippen molar-refractivity contribution in [3.05, 3.63) is 0 Å². The summed E-state index contributed by atoms with van der Waals surface area (Å²) >= 11 is 3.51. The zero-order valence-corrected chi connectivity index (χ0v) is 12.2. The number of amides is 1. The van der Waals surface area contributed by atoms with Crippen molar-refractivity contribution in [3.8, 4) is 0 Å². The molecule has 0 heterocycles. The molecule has 0 aromatic rings. The average Bonchev–Trinajstić information content (AvgIpc) is 3.10. The standard InChI is InChI=1S/C14H24BrNO/c15-10-9-14(7-8-14)11-16-13(17)12-5-3-1-2-4-6-12/h12H,1-11H2,(H,16,17). The molecule has 98 valence electrons. The summed E-state index contributed by atoms with van der Waals surface area (Å²) in [5, 5.41) is 4.27. The molecule has 2 aliphatic carbocycles. The quantitative estimate of drug-likeness (QED) is 0.610. The molecule has 2 fully saturated rings. The van der Waals surface area contributed by atoms with Gasteiger partial charge in [-0.1, -0.05) is 41.6 Å². The van der Waals surface area contributed by atoms with E-state index in [0.29, 0.717) is 17.2 Å². The van der Waals surface area contributed by atoms with Gasteiger partial charge >= 0.3 is 0 Å². The number of halogens is 1. The first-order valence-electron chi connectivity index (χ1n) is 7.09. The monoisotopic (exact) mass is 301 g/mol. The Labute approximate surface area is 113 Å². The van der Waals surface area contributed by atoms with Gasteiger partial charge in [-0.15, -0.1) is 0 Å². The first-order valence-corrected chi connectivity index (χ1v) is 8.22. The van der Waals surface area contributed by atoms with Crippen molar-refractivity contribution < 1.29 is 4.79 Å². The van der Waals surface area contributed by atoms with Gasteiger partial charge in [-0.25, -0.2) is 0 Å². The number of hydrogen-bond donors (Lipinski definition) is 1. The first kappa shape index (κ1) is 13.4. The van der Waals surface area contributed by atoms with E-state index in [0.717, 1.165) is 24.7 Å². The molecule has 0 radical (unpaired) electrons. The van der Waals surface area contributed by atoms with Gasteiger partial charge in [0.1, 0.15) is 0 Å². The third kappa shape index (κ3) is 3.97. The first-order chi connectivity index (χ1) is 8.26. The predicted molar refractivity (Wildman–Crippen MR) is 74.3 cm³/mol. The maximum absolute atomic E-state index is 12.1. The summed E-state index contributed by atoms with van der Waals surface area (Å²) in [5.41, 5.74) is 0.448. The second-order valence-electron chi connectivity index (χ2n) is 5.85. The van der Waals surface area contributed by atoms with E-state index in [9.17, 15) is 4.79 Å². The zero-order valence-electron chi connectivity index (χ0n) is 10.6. The molecule has 0 saturated heterocycles. The van der Waals surface area contributed by atoms with Gasteiger partial charge in [-0.3, -0.25) is 4.79 Å². The van der Waals surface area contributed by atoms with E-state index in [2.05, 4.69) is 21.2 Å². The highest BCUT2D eigenvalue weighted by molar-refractivity contribution is 9.09. The lowest BCUT2D eigenvalue weighted by molar-refractivity contribution is -0.125. The smallest absolute Gasteiger partial charge is 0.223 e. The Bertz CT molecular complexity index is 255. The van der Waals surface area contributed by atoms with Gasteiger partial charge in [0.15, 0.2) is 0 Å². The highest BCUT2D eigenvalue weighted by Crippen LogP contribution is 2.48. The van der Waals surface area contributed by atoms with Crippen molar-refractivity contribution in [3.63, 3.8) is 0 Å². The second-order valence-corrected chi connectivity index (χ2v) is 6.64. The highest BCUT2D eigenvalue weighted by Gasteiger charge is 2.41. The van der Waals surface area contributed by atoms with E-state index >= 15 is 0 Å². The van der Waals surface area contributed by atoms with Gasteiger partial charge in [-0.05, 0) is 37.5 Å². The van der Waals surface area contributed by atoms with Crippen LogP contribution in [0.15, 0.2) is 0 Å². The van der Waals surface area contributed by atoms with Crippen molar-refractivity contribution in [1.82, 2.24) is 5.32 Å². The van der Waals surface area contributed by atoms with E-state index < -0.39 is 0 Å². The van der Waals surface area contributed by atoms with Gasteiger partial charge in [-0.2, -0.15) is 0 Å². The summed E-state index contributed by atoms with van der Waals surface area (Å²) in [5.74, 6) is 0.630. The Kier molecular flexibility index (Phi) is 4.89. The lowest BCUT2D eigenvalue weighted by Gasteiger charge is -2.18. The molecule has 0 aromatic carbocycles. The molecule has 1 N–H and O–H groups in total. The summed E-state index contributed by atoms with van der Waals surface area (Å²) in [6.45, 7) is 0.911. The topological polar surface area (TPSA) is 29.1 Å². The molecule has 0 bridgehead atoms.